The van der Waals surface area contributed by atoms with Crippen molar-refractivity contribution in [3.8, 4) is 0 Å². The molecule has 0 amide bonds. The minimum absolute atomic E-state index is 0.623. The van der Waals surface area contributed by atoms with Gasteiger partial charge in [0, 0.05) is 31.7 Å². The van der Waals surface area contributed by atoms with Gasteiger partial charge in [0.05, 0.1) is 5.69 Å². The van der Waals surface area contributed by atoms with Crippen molar-refractivity contribution in [2.75, 3.05) is 18.0 Å². The molecule has 0 bridgehead atoms. The second kappa shape index (κ2) is 6.42. The number of anilines is 1. The smallest absolute Gasteiger partial charge is 0.131 e. The molecule has 1 aliphatic heterocycles. The number of aryl methyl sites for hydroxylation is 2. The monoisotopic (exact) mass is 264 g/mol. The predicted octanol–water partition coefficient (Wildman–Crippen LogP) is 2.61. The van der Waals surface area contributed by atoms with Crippen LogP contribution in [-0.4, -0.2) is 28.9 Å². The lowest BCUT2D eigenvalue weighted by Crippen LogP contribution is -2.35. The van der Waals surface area contributed by atoms with Crippen molar-refractivity contribution < 1.29 is 0 Å². The van der Waals surface area contributed by atoms with Gasteiger partial charge in [0.1, 0.15) is 5.82 Å². The van der Waals surface area contributed by atoms with Crippen molar-refractivity contribution in [1.29, 1.82) is 0 Å². The van der Waals surface area contributed by atoms with E-state index in [9.17, 15) is 0 Å². The fourth-order valence-electron chi connectivity index (χ4n) is 3.10. The van der Waals surface area contributed by atoms with Crippen LogP contribution in [0.25, 0.3) is 0 Å². The Bertz CT molecular complexity index is 411. The highest BCUT2D eigenvalue weighted by Gasteiger charge is 2.24. The molecule has 2 rings (SSSR count). The van der Waals surface area contributed by atoms with Crippen LogP contribution in [0.3, 0.4) is 0 Å². The van der Waals surface area contributed by atoms with Gasteiger partial charge in [0.2, 0.25) is 0 Å². The average Bonchev–Trinajstić information content (AvgIpc) is 2.53. The Labute approximate surface area is 117 Å². The molecular formula is C15H28N4. The Balaban J connectivity index is 2.30. The van der Waals surface area contributed by atoms with E-state index >= 15 is 0 Å². The fraction of sp³-hybridized carbons (Fsp3) is 0.800. The SMILES string of the molecule is CCNCc1c(C)nn(C)c1N1CCCCCC1C. The summed E-state index contributed by atoms with van der Waals surface area (Å²) < 4.78 is 2.07. The molecule has 1 saturated heterocycles. The maximum Gasteiger partial charge on any atom is 0.131 e. The number of hydrogen-bond donors (Lipinski definition) is 1. The third kappa shape index (κ3) is 3.11. The van der Waals surface area contributed by atoms with Gasteiger partial charge in [-0.1, -0.05) is 19.8 Å². The van der Waals surface area contributed by atoms with Gasteiger partial charge < -0.3 is 10.2 Å². The Morgan fingerprint density at radius 3 is 2.84 bits per heavy atom. The Kier molecular flexibility index (Phi) is 4.86. The molecule has 2 heterocycles. The summed E-state index contributed by atoms with van der Waals surface area (Å²) >= 11 is 0. The summed E-state index contributed by atoms with van der Waals surface area (Å²) in [5.74, 6) is 1.33. The van der Waals surface area contributed by atoms with E-state index in [1.165, 1.54) is 43.6 Å². The fourth-order valence-corrected chi connectivity index (χ4v) is 3.10. The largest absolute Gasteiger partial charge is 0.354 e. The summed E-state index contributed by atoms with van der Waals surface area (Å²) in [6, 6.07) is 0.623. The van der Waals surface area contributed by atoms with E-state index in [4.69, 9.17) is 0 Å². The van der Waals surface area contributed by atoms with Gasteiger partial charge in [0.25, 0.3) is 0 Å². The lowest BCUT2D eigenvalue weighted by molar-refractivity contribution is 0.590. The summed E-state index contributed by atoms with van der Waals surface area (Å²) in [5.41, 5.74) is 2.54. The van der Waals surface area contributed by atoms with E-state index in [1.807, 2.05) is 0 Å². The van der Waals surface area contributed by atoms with Crippen LogP contribution in [-0.2, 0) is 13.6 Å². The minimum Gasteiger partial charge on any atom is -0.354 e. The molecular weight excluding hydrogens is 236 g/mol. The topological polar surface area (TPSA) is 33.1 Å². The maximum atomic E-state index is 4.64. The second-order valence-corrected chi connectivity index (χ2v) is 5.68. The van der Waals surface area contributed by atoms with Crippen LogP contribution in [0.4, 0.5) is 5.82 Å². The third-order valence-corrected chi connectivity index (χ3v) is 4.19. The van der Waals surface area contributed by atoms with Gasteiger partial charge in [-0.15, -0.1) is 0 Å². The highest BCUT2D eigenvalue weighted by atomic mass is 15.4. The van der Waals surface area contributed by atoms with Gasteiger partial charge in [-0.05, 0) is 33.2 Å². The highest BCUT2D eigenvalue weighted by Crippen LogP contribution is 2.28. The number of nitrogens with zero attached hydrogens (tertiary/aromatic N) is 3. The molecule has 4 heteroatoms. The highest BCUT2D eigenvalue weighted by molar-refractivity contribution is 5.51. The summed E-state index contributed by atoms with van der Waals surface area (Å²) in [4.78, 5) is 2.57. The lowest BCUT2D eigenvalue weighted by atomic mass is 10.1. The van der Waals surface area contributed by atoms with Crippen molar-refractivity contribution in [2.45, 2.75) is 59.0 Å². The Morgan fingerprint density at radius 2 is 2.11 bits per heavy atom. The van der Waals surface area contributed by atoms with Crippen molar-refractivity contribution >= 4 is 5.82 Å². The number of nitrogens with one attached hydrogen (secondary N) is 1. The molecule has 1 aliphatic rings. The molecule has 19 heavy (non-hydrogen) atoms. The Hall–Kier alpha value is -1.03. The summed E-state index contributed by atoms with van der Waals surface area (Å²) in [6.07, 6.45) is 5.32. The minimum atomic E-state index is 0.623. The molecule has 0 aromatic carbocycles. The molecule has 0 saturated carbocycles. The zero-order chi connectivity index (χ0) is 13.8. The predicted molar refractivity (Wildman–Crippen MR) is 80.6 cm³/mol. The second-order valence-electron chi connectivity index (χ2n) is 5.68. The third-order valence-electron chi connectivity index (χ3n) is 4.19. The first-order valence-corrected chi connectivity index (χ1v) is 7.65. The molecule has 0 spiro atoms. The van der Waals surface area contributed by atoms with Crippen LogP contribution in [0.1, 0.15) is 50.8 Å². The van der Waals surface area contributed by atoms with Crippen molar-refractivity contribution in [2.24, 2.45) is 7.05 Å². The molecule has 1 N–H and O–H groups in total. The molecule has 1 atom stereocenters. The van der Waals surface area contributed by atoms with Crippen molar-refractivity contribution in [3.63, 3.8) is 0 Å². The zero-order valence-corrected chi connectivity index (χ0v) is 12.9. The molecule has 1 unspecified atom stereocenters. The van der Waals surface area contributed by atoms with E-state index in [1.54, 1.807) is 0 Å². The van der Waals surface area contributed by atoms with Crippen LogP contribution in [0.15, 0.2) is 0 Å². The van der Waals surface area contributed by atoms with E-state index in [0.29, 0.717) is 6.04 Å². The standard InChI is InChI=1S/C15H28N4/c1-5-16-11-14-13(3)17-18(4)15(14)19-10-8-6-7-9-12(19)2/h12,16H,5-11H2,1-4H3. The van der Waals surface area contributed by atoms with Crippen molar-refractivity contribution in [1.82, 2.24) is 15.1 Å². The van der Waals surface area contributed by atoms with Crippen LogP contribution in [0.2, 0.25) is 0 Å². The maximum absolute atomic E-state index is 4.64. The molecule has 0 aliphatic carbocycles. The summed E-state index contributed by atoms with van der Waals surface area (Å²) in [6.45, 7) is 9.72. The Morgan fingerprint density at radius 1 is 1.32 bits per heavy atom. The van der Waals surface area contributed by atoms with Crippen LogP contribution >= 0.6 is 0 Å². The molecule has 1 fully saturated rings. The number of rotatable bonds is 4. The lowest BCUT2D eigenvalue weighted by Gasteiger charge is -2.30. The quantitative estimate of drug-likeness (QED) is 0.907. The molecule has 0 radical (unpaired) electrons. The summed E-state index contributed by atoms with van der Waals surface area (Å²) in [5, 5.41) is 8.09. The first-order chi connectivity index (χ1) is 9.15. The molecule has 1 aromatic heterocycles. The molecule has 4 nitrogen and oxygen atoms in total. The normalized spacial score (nSPS) is 20.6. The zero-order valence-electron chi connectivity index (χ0n) is 12.9. The van der Waals surface area contributed by atoms with E-state index in [2.05, 4.69) is 47.8 Å². The first kappa shape index (κ1) is 14.4. The van der Waals surface area contributed by atoms with Gasteiger partial charge in [-0.2, -0.15) is 5.10 Å². The summed E-state index contributed by atoms with van der Waals surface area (Å²) in [7, 11) is 2.08. The van der Waals surface area contributed by atoms with Gasteiger partial charge in [-0.3, -0.25) is 4.68 Å². The first-order valence-electron chi connectivity index (χ1n) is 7.65. The van der Waals surface area contributed by atoms with Gasteiger partial charge in [0.15, 0.2) is 0 Å². The number of aromatic nitrogens is 2. The van der Waals surface area contributed by atoms with E-state index < -0.39 is 0 Å². The van der Waals surface area contributed by atoms with E-state index in [-0.39, 0.29) is 0 Å². The van der Waals surface area contributed by atoms with Crippen LogP contribution in [0.5, 0.6) is 0 Å². The number of hydrogen-bond acceptors (Lipinski definition) is 3. The average molecular weight is 264 g/mol. The van der Waals surface area contributed by atoms with Gasteiger partial charge in [-0.25, -0.2) is 0 Å². The van der Waals surface area contributed by atoms with E-state index in [0.717, 1.165) is 18.8 Å². The van der Waals surface area contributed by atoms with Gasteiger partial charge >= 0.3 is 0 Å². The molecule has 108 valence electrons. The van der Waals surface area contributed by atoms with Crippen LogP contribution in [0, 0.1) is 6.92 Å². The van der Waals surface area contributed by atoms with Crippen LogP contribution < -0.4 is 10.2 Å². The molecule has 1 aromatic rings. The van der Waals surface area contributed by atoms with Crippen molar-refractivity contribution in [3.05, 3.63) is 11.3 Å².